The molecule has 0 amide bonds. The minimum atomic E-state index is 0.252. The molecule has 0 aliphatic carbocycles. The molecule has 0 saturated carbocycles. The quantitative estimate of drug-likeness (QED) is 0.574. The fraction of sp³-hybridized carbons (Fsp3) is 0.0952. The van der Waals surface area contributed by atoms with Crippen molar-refractivity contribution in [1.82, 2.24) is 9.38 Å². The van der Waals surface area contributed by atoms with Gasteiger partial charge in [0.25, 0.3) is 0 Å². The van der Waals surface area contributed by atoms with Gasteiger partial charge in [-0.15, -0.1) is 0 Å². The Bertz CT molecular complexity index is 1000. The van der Waals surface area contributed by atoms with Crippen LogP contribution in [0.25, 0.3) is 16.9 Å². The Labute approximate surface area is 146 Å². The number of phenolic OH excluding ortho intramolecular Hbond substituents is 1. The molecule has 4 heteroatoms. The Morgan fingerprint density at radius 2 is 1.72 bits per heavy atom. The summed E-state index contributed by atoms with van der Waals surface area (Å²) in [4.78, 5) is 4.84. The third-order valence-corrected chi connectivity index (χ3v) is 4.29. The van der Waals surface area contributed by atoms with Crippen molar-refractivity contribution in [3.63, 3.8) is 0 Å². The van der Waals surface area contributed by atoms with Crippen molar-refractivity contribution in [3.05, 3.63) is 84.1 Å². The van der Waals surface area contributed by atoms with E-state index >= 15 is 0 Å². The van der Waals surface area contributed by atoms with Gasteiger partial charge in [0.05, 0.1) is 0 Å². The van der Waals surface area contributed by atoms with Crippen LogP contribution in [0, 0.1) is 6.92 Å². The van der Waals surface area contributed by atoms with Crippen molar-refractivity contribution < 1.29 is 5.11 Å². The maximum absolute atomic E-state index is 9.57. The lowest BCUT2D eigenvalue weighted by Gasteiger charge is -2.09. The first-order chi connectivity index (χ1) is 12.2. The maximum atomic E-state index is 9.57. The second-order valence-corrected chi connectivity index (χ2v) is 6.08. The van der Waals surface area contributed by atoms with Crippen molar-refractivity contribution in [2.75, 3.05) is 5.32 Å². The summed E-state index contributed by atoms with van der Waals surface area (Å²) in [5, 5.41) is 13.1. The van der Waals surface area contributed by atoms with Crippen LogP contribution in [-0.4, -0.2) is 14.5 Å². The maximum Gasteiger partial charge on any atom is 0.142 e. The first-order valence-electron chi connectivity index (χ1n) is 8.27. The number of anilines is 1. The van der Waals surface area contributed by atoms with Crippen LogP contribution in [0.5, 0.6) is 5.75 Å². The van der Waals surface area contributed by atoms with Gasteiger partial charge in [-0.2, -0.15) is 0 Å². The van der Waals surface area contributed by atoms with Crippen molar-refractivity contribution in [2.45, 2.75) is 13.5 Å². The standard InChI is InChI=1S/C21H19N3O/c1-15-6-5-13-24-20(15)23-19(17-9-11-18(25)12-10-17)21(24)22-14-16-7-3-2-4-8-16/h2-13,22,25H,14H2,1H3. The largest absolute Gasteiger partial charge is 0.508 e. The van der Waals surface area contributed by atoms with Crippen molar-refractivity contribution in [3.8, 4) is 17.0 Å². The van der Waals surface area contributed by atoms with Gasteiger partial charge >= 0.3 is 0 Å². The molecule has 2 aromatic carbocycles. The number of aromatic nitrogens is 2. The van der Waals surface area contributed by atoms with Crippen LogP contribution < -0.4 is 5.32 Å². The van der Waals surface area contributed by atoms with Gasteiger partial charge in [-0.05, 0) is 48.4 Å². The Hall–Kier alpha value is -3.27. The van der Waals surface area contributed by atoms with E-state index in [1.165, 1.54) is 5.56 Å². The molecule has 0 aliphatic rings. The van der Waals surface area contributed by atoms with Crippen molar-refractivity contribution in [2.24, 2.45) is 0 Å². The average Bonchev–Trinajstić information content (AvgIpc) is 3.01. The van der Waals surface area contributed by atoms with Crippen LogP contribution in [0.2, 0.25) is 0 Å². The number of aryl methyl sites for hydroxylation is 1. The molecule has 0 spiro atoms. The molecule has 0 bridgehead atoms. The van der Waals surface area contributed by atoms with Crippen LogP contribution in [0.4, 0.5) is 5.82 Å². The van der Waals surface area contributed by atoms with Crippen LogP contribution in [0.3, 0.4) is 0 Å². The lowest BCUT2D eigenvalue weighted by Crippen LogP contribution is -2.03. The number of hydrogen-bond donors (Lipinski definition) is 2. The Kier molecular flexibility index (Phi) is 3.86. The fourth-order valence-electron chi connectivity index (χ4n) is 2.98. The number of nitrogens with zero attached hydrogens (tertiary/aromatic N) is 2. The summed E-state index contributed by atoms with van der Waals surface area (Å²) in [6.45, 7) is 2.78. The Morgan fingerprint density at radius 1 is 0.960 bits per heavy atom. The molecule has 0 unspecified atom stereocenters. The summed E-state index contributed by atoms with van der Waals surface area (Å²) in [5.74, 6) is 1.20. The monoisotopic (exact) mass is 329 g/mol. The van der Waals surface area contributed by atoms with E-state index in [1.54, 1.807) is 12.1 Å². The van der Waals surface area contributed by atoms with E-state index in [0.717, 1.165) is 28.3 Å². The van der Waals surface area contributed by atoms with Crippen LogP contribution in [-0.2, 0) is 6.54 Å². The highest BCUT2D eigenvalue weighted by Crippen LogP contribution is 2.31. The number of nitrogens with one attached hydrogen (secondary N) is 1. The molecule has 4 nitrogen and oxygen atoms in total. The van der Waals surface area contributed by atoms with E-state index in [4.69, 9.17) is 4.98 Å². The molecule has 0 atom stereocenters. The molecule has 0 radical (unpaired) electrons. The van der Waals surface area contributed by atoms with Crippen molar-refractivity contribution >= 4 is 11.5 Å². The first kappa shape index (κ1) is 15.3. The van der Waals surface area contributed by atoms with Gasteiger partial charge in [-0.3, -0.25) is 4.40 Å². The van der Waals surface area contributed by atoms with Gasteiger partial charge in [0.1, 0.15) is 22.9 Å². The minimum Gasteiger partial charge on any atom is -0.508 e. The molecule has 0 saturated heterocycles. The third kappa shape index (κ3) is 2.94. The first-order valence-corrected chi connectivity index (χ1v) is 8.27. The van der Waals surface area contributed by atoms with Crippen LogP contribution >= 0.6 is 0 Å². The lowest BCUT2D eigenvalue weighted by atomic mass is 10.1. The third-order valence-electron chi connectivity index (χ3n) is 4.29. The smallest absolute Gasteiger partial charge is 0.142 e. The van der Waals surface area contributed by atoms with Gasteiger partial charge in [0.15, 0.2) is 0 Å². The number of rotatable bonds is 4. The van der Waals surface area contributed by atoms with Crippen LogP contribution in [0.1, 0.15) is 11.1 Å². The number of hydrogen-bond acceptors (Lipinski definition) is 3. The van der Waals surface area contributed by atoms with Gasteiger partial charge in [-0.25, -0.2) is 4.98 Å². The number of fused-ring (bicyclic) bond motifs is 1. The topological polar surface area (TPSA) is 49.6 Å². The molecule has 4 aromatic rings. The summed E-state index contributed by atoms with van der Waals surface area (Å²) in [5.41, 5.74) is 5.11. The van der Waals surface area contributed by atoms with Gasteiger partial charge in [-0.1, -0.05) is 36.4 Å². The molecule has 2 aromatic heterocycles. The van der Waals surface area contributed by atoms with E-state index in [2.05, 4.69) is 34.8 Å². The van der Waals surface area contributed by atoms with Crippen LogP contribution in [0.15, 0.2) is 72.9 Å². The number of phenols is 1. The molecular weight excluding hydrogens is 310 g/mol. The summed E-state index contributed by atoms with van der Waals surface area (Å²) in [6.07, 6.45) is 2.02. The zero-order valence-electron chi connectivity index (χ0n) is 14.0. The van der Waals surface area contributed by atoms with E-state index in [9.17, 15) is 5.11 Å². The molecule has 2 N–H and O–H groups in total. The SMILES string of the molecule is Cc1cccn2c(NCc3ccccc3)c(-c3ccc(O)cc3)nc12. The number of pyridine rings is 1. The van der Waals surface area contributed by atoms with Gasteiger partial charge in [0, 0.05) is 18.3 Å². The molecule has 0 aliphatic heterocycles. The van der Waals surface area contributed by atoms with E-state index in [1.807, 2.05) is 42.6 Å². The highest BCUT2D eigenvalue weighted by atomic mass is 16.3. The second kappa shape index (κ2) is 6.32. The van der Waals surface area contributed by atoms with Gasteiger partial charge < -0.3 is 10.4 Å². The molecule has 2 heterocycles. The Morgan fingerprint density at radius 3 is 2.48 bits per heavy atom. The Balaban J connectivity index is 1.80. The minimum absolute atomic E-state index is 0.252. The lowest BCUT2D eigenvalue weighted by molar-refractivity contribution is 0.475. The molecule has 4 rings (SSSR count). The predicted octanol–water partition coefficient (Wildman–Crippen LogP) is 4.63. The number of imidazole rings is 1. The molecule has 25 heavy (non-hydrogen) atoms. The molecular formula is C21H19N3O. The second-order valence-electron chi connectivity index (χ2n) is 6.08. The fourth-order valence-corrected chi connectivity index (χ4v) is 2.98. The van der Waals surface area contributed by atoms with E-state index in [-0.39, 0.29) is 5.75 Å². The van der Waals surface area contributed by atoms with Crippen molar-refractivity contribution in [1.29, 1.82) is 0 Å². The number of aromatic hydroxyl groups is 1. The zero-order valence-corrected chi connectivity index (χ0v) is 14.0. The highest BCUT2D eigenvalue weighted by Gasteiger charge is 2.15. The summed E-state index contributed by atoms with van der Waals surface area (Å²) in [7, 11) is 0. The summed E-state index contributed by atoms with van der Waals surface area (Å²) < 4.78 is 2.08. The van der Waals surface area contributed by atoms with E-state index in [0.29, 0.717) is 6.54 Å². The molecule has 124 valence electrons. The van der Waals surface area contributed by atoms with E-state index < -0.39 is 0 Å². The molecule has 0 fully saturated rings. The predicted molar refractivity (Wildman–Crippen MR) is 101 cm³/mol. The normalized spacial score (nSPS) is 10.9. The zero-order chi connectivity index (χ0) is 17.2. The highest BCUT2D eigenvalue weighted by molar-refractivity contribution is 5.77. The number of benzene rings is 2. The van der Waals surface area contributed by atoms with Gasteiger partial charge in [0.2, 0.25) is 0 Å². The summed E-state index contributed by atoms with van der Waals surface area (Å²) >= 11 is 0. The average molecular weight is 329 g/mol. The summed E-state index contributed by atoms with van der Waals surface area (Å²) in [6, 6.07) is 21.5.